The highest BCUT2D eigenvalue weighted by Gasteiger charge is 2.15. The molecule has 0 spiro atoms. The van der Waals surface area contributed by atoms with Crippen LogP contribution in [0.15, 0.2) is 0 Å². The molecule has 0 bridgehead atoms. The Bertz CT molecular complexity index is 392. The summed E-state index contributed by atoms with van der Waals surface area (Å²) < 4.78 is 1.64. The normalized spacial score (nSPS) is 12.5. The Labute approximate surface area is 120 Å². The van der Waals surface area contributed by atoms with Gasteiger partial charge in [-0.05, 0) is 23.8 Å². The monoisotopic (exact) mass is 282 g/mol. The van der Waals surface area contributed by atoms with E-state index in [4.69, 9.17) is 5.11 Å². The van der Waals surface area contributed by atoms with Crippen LogP contribution in [-0.2, 0) is 11.2 Å². The van der Waals surface area contributed by atoms with E-state index < -0.39 is 5.97 Å². The van der Waals surface area contributed by atoms with Gasteiger partial charge in [0.05, 0.1) is 12.5 Å². The van der Waals surface area contributed by atoms with Crippen molar-refractivity contribution in [2.24, 2.45) is 0 Å². The summed E-state index contributed by atoms with van der Waals surface area (Å²) in [6, 6.07) is -0.193. The number of hydrogen-bond donors (Lipinski definition) is 1. The molecule has 1 heterocycles. The highest BCUT2D eigenvalue weighted by Crippen LogP contribution is 2.13. The van der Waals surface area contributed by atoms with Crippen LogP contribution >= 0.6 is 0 Å². The zero-order valence-corrected chi connectivity index (χ0v) is 12.6. The van der Waals surface area contributed by atoms with Crippen LogP contribution in [0.2, 0.25) is 0 Å². The second-order valence-corrected chi connectivity index (χ2v) is 5.36. The average molecular weight is 282 g/mol. The highest BCUT2D eigenvalue weighted by molar-refractivity contribution is 5.67. The molecule has 0 saturated carbocycles. The van der Waals surface area contributed by atoms with Crippen molar-refractivity contribution in [1.82, 2.24) is 20.2 Å². The van der Waals surface area contributed by atoms with E-state index in [1.54, 1.807) is 4.68 Å². The van der Waals surface area contributed by atoms with Crippen molar-refractivity contribution in [1.29, 1.82) is 0 Å². The van der Waals surface area contributed by atoms with Crippen LogP contribution in [-0.4, -0.2) is 31.3 Å². The van der Waals surface area contributed by atoms with Gasteiger partial charge in [-0.3, -0.25) is 4.79 Å². The predicted molar refractivity (Wildman–Crippen MR) is 76.5 cm³/mol. The number of hydrogen-bond acceptors (Lipinski definition) is 4. The standard InChI is InChI=1S/C14H26N4O2/c1-3-4-5-6-7-8-9-10-13-15-16-17-18(13)12(2)11-14(19)20/h12H,3-11H2,1-2H3,(H,19,20). The lowest BCUT2D eigenvalue weighted by Gasteiger charge is -2.10. The molecule has 0 radical (unpaired) electrons. The fraction of sp³-hybridized carbons (Fsp3) is 0.857. The number of carboxylic acid groups (broad SMARTS) is 1. The number of aliphatic carboxylic acids is 1. The number of tetrazole rings is 1. The lowest BCUT2D eigenvalue weighted by atomic mass is 10.1. The van der Waals surface area contributed by atoms with Gasteiger partial charge in [0.15, 0.2) is 5.82 Å². The number of unbranched alkanes of at least 4 members (excludes halogenated alkanes) is 6. The van der Waals surface area contributed by atoms with E-state index in [0.29, 0.717) is 0 Å². The maximum atomic E-state index is 10.7. The first-order valence-electron chi connectivity index (χ1n) is 7.63. The molecule has 114 valence electrons. The summed E-state index contributed by atoms with van der Waals surface area (Å²) in [6.45, 7) is 4.05. The molecule has 0 amide bonds. The largest absolute Gasteiger partial charge is 0.481 e. The lowest BCUT2D eigenvalue weighted by molar-refractivity contribution is -0.137. The molecule has 1 aromatic heterocycles. The van der Waals surface area contributed by atoms with E-state index in [1.165, 1.54) is 38.5 Å². The van der Waals surface area contributed by atoms with E-state index in [0.717, 1.165) is 18.7 Å². The van der Waals surface area contributed by atoms with Crippen LogP contribution in [0.3, 0.4) is 0 Å². The van der Waals surface area contributed by atoms with Gasteiger partial charge < -0.3 is 5.11 Å². The third kappa shape index (κ3) is 6.12. The van der Waals surface area contributed by atoms with Gasteiger partial charge in [-0.25, -0.2) is 4.68 Å². The molecule has 0 aromatic carbocycles. The number of aryl methyl sites for hydroxylation is 1. The van der Waals surface area contributed by atoms with Gasteiger partial charge in [0, 0.05) is 6.42 Å². The summed E-state index contributed by atoms with van der Waals surface area (Å²) >= 11 is 0. The number of rotatable bonds is 11. The first-order valence-corrected chi connectivity index (χ1v) is 7.63. The minimum Gasteiger partial charge on any atom is -0.481 e. The maximum Gasteiger partial charge on any atom is 0.305 e. The summed E-state index contributed by atoms with van der Waals surface area (Å²) in [6.07, 6.45) is 9.60. The van der Waals surface area contributed by atoms with Crippen molar-refractivity contribution in [3.05, 3.63) is 5.82 Å². The molecule has 1 atom stereocenters. The molecule has 1 unspecified atom stereocenters. The smallest absolute Gasteiger partial charge is 0.305 e. The molecule has 0 aliphatic carbocycles. The lowest BCUT2D eigenvalue weighted by Crippen LogP contribution is -2.15. The third-order valence-corrected chi connectivity index (χ3v) is 3.45. The van der Waals surface area contributed by atoms with Gasteiger partial charge in [-0.15, -0.1) is 5.10 Å². The van der Waals surface area contributed by atoms with Crippen molar-refractivity contribution in [3.63, 3.8) is 0 Å². The second-order valence-electron chi connectivity index (χ2n) is 5.36. The molecule has 1 aromatic rings. The van der Waals surface area contributed by atoms with Crippen LogP contribution in [0.4, 0.5) is 0 Å². The minimum absolute atomic E-state index is 0.0507. The fourth-order valence-electron chi connectivity index (χ4n) is 2.30. The topological polar surface area (TPSA) is 80.9 Å². The van der Waals surface area contributed by atoms with E-state index in [9.17, 15) is 4.79 Å². The van der Waals surface area contributed by atoms with Crippen LogP contribution < -0.4 is 0 Å². The quantitative estimate of drug-likeness (QED) is 0.631. The summed E-state index contributed by atoms with van der Waals surface area (Å²) in [7, 11) is 0. The molecular formula is C14H26N4O2. The predicted octanol–water partition coefficient (Wildman–Crippen LogP) is 3.00. The Kier molecular flexibility index (Phi) is 7.84. The first-order chi connectivity index (χ1) is 9.65. The van der Waals surface area contributed by atoms with Gasteiger partial charge in [-0.2, -0.15) is 0 Å². The fourth-order valence-corrected chi connectivity index (χ4v) is 2.30. The molecule has 6 nitrogen and oxygen atoms in total. The van der Waals surface area contributed by atoms with Crippen LogP contribution in [0.25, 0.3) is 0 Å². The molecule has 0 aliphatic rings. The molecule has 6 heteroatoms. The van der Waals surface area contributed by atoms with E-state index in [1.807, 2.05) is 6.92 Å². The van der Waals surface area contributed by atoms with E-state index >= 15 is 0 Å². The molecule has 0 saturated heterocycles. The average Bonchev–Trinajstić information content (AvgIpc) is 2.85. The Morgan fingerprint density at radius 3 is 2.50 bits per heavy atom. The van der Waals surface area contributed by atoms with Crippen molar-refractivity contribution in [2.45, 2.75) is 77.7 Å². The van der Waals surface area contributed by atoms with Gasteiger partial charge in [0.2, 0.25) is 0 Å². The van der Waals surface area contributed by atoms with E-state index in [-0.39, 0.29) is 12.5 Å². The van der Waals surface area contributed by atoms with Crippen molar-refractivity contribution >= 4 is 5.97 Å². The molecule has 0 fully saturated rings. The summed E-state index contributed by atoms with van der Waals surface area (Å²) in [5, 5.41) is 20.4. The minimum atomic E-state index is -0.824. The third-order valence-electron chi connectivity index (χ3n) is 3.45. The van der Waals surface area contributed by atoms with E-state index in [2.05, 4.69) is 22.4 Å². The van der Waals surface area contributed by atoms with Crippen LogP contribution in [0.5, 0.6) is 0 Å². The highest BCUT2D eigenvalue weighted by atomic mass is 16.4. The molecule has 1 rings (SSSR count). The molecule has 20 heavy (non-hydrogen) atoms. The van der Waals surface area contributed by atoms with Gasteiger partial charge in [-0.1, -0.05) is 45.4 Å². The van der Waals surface area contributed by atoms with Gasteiger partial charge in [0.25, 0.3) is 0 Å². The number of aromatic nitrogens is 4. The Morgan fingerprint density at radius 2 is 1.85 bits per heavy atom. The molecule has 1 N–H and O–H groups in total. The van der Waals surface area contributed by atoms with Crippen LogP contribution in [0.1, 0.15) is 77.1 Å². The van der Waals surface area contributed by atoms with Crippen LogP contribution in [0, 0.1) is 0 Å². The Hall–Kier alpha value is -1.46. The van der Waals surface area contributed by atoms with Gasteiger partial charge in [0.1, 0.15) is 0 Å². The summed E-state index contributed by atoms with van der Waals surface area (Å²) in [4.78, 5) is 10.7. The zero-order valence-electron chi connectivity index (χ0n) is 12.6. The number of carboxylic acids is 1. The SMILES string of the molecule is CCCCCCCCCc1nnnn1C(C)CC(=O)O. The number of nitrogens with zero attached hydrogens (tertiary/aromatic N) is 4. The Morgan fingerprint density at radius 1 is 1.20 bits per heavy atom. The second kappa shape index (κ2) is 9.44. The number of carbonyl (C=O) groups is 1. The first kappa shape index (κ1) is 16.6. The molecule has 0 aliphatic heterocycles. The van der Waals surface area contributed by atoms with Gasteiger partial charge >= 0.3 is 5.97 Å². The van der Waals surface area contributed by atoms with Crippen molar-refractivity contribution < 1.29 is 9.90 Å². The van der Waals surface area contributed by atoms with Crippen molar-refractivity contribution in [3.8, 4) is 0 Å². The summed E-state index contributed by atoms with van der Waals surface area (Å²) in [5.41, 5.74) is 0. The maximum absolute atomic E-state index is 10.7. The summed E-state index contributed by atoms with van der Waals surface area (Å²) in [5.74, 6) is -0.0258. The van der Waals surface area contributed by atoms with Crippen molar-refractivity contribution in [2.75, 3.05) is 0 Å². The Balaban J connectivity index is 2.27. The zero-order chi connectivity index (χ0) is 14.8. The molecular weight excluding hydrogens is 256 g/mol.